The maximum atomic E-state index is 3.93. The molecule has 0 spiro atoms. The average molecular weight is 663 g/mol. The SMILES string of the molecule is Cc1ccc(N2c3ccc(C)cc3B3c4cc([SiH]=P)ccc4N(c4ccc(C)cc4C)c4cc(-c5cccc6ccccc56)cc2c43)cc1. The first-order chi connectivity index (χ1) is 23.9. The zero-order valence-electron chi connectivity index (χ0n) is 28.3. The second-order valence-corrected chi connectivity index (χ2v) is 15.5. The number of hydrogen-bond donors (Lipinski definition) is 0. The molecular formula is C44H36BN2PSi. The lowest BCUT2D eigenvalue weighted by atomic mass is 9.33. The van der Waals surface area contributed by atoms with E-state index in [1.165, 1.54) is 99.9 Å². The summed E-state index contributed by atoms with van der Waals surface area (Å²) in [7, 11) is 3.92. The lowest BCUT2D eigenvalue weighted by Crippen LogP contribution is -2.62. The van der Waals surface area contributed by atoms with Crippen LogP contribution < -0.4 is 31.4 Å². The summed E-state index contributed by atoms with van der Waals surface area (Å²) in [5, 5.41) is 3.88. The fraction of sp³-hybridized carbons (Fsp3) is 0.0909. The molecule has 0 fully saturated rings. The maximum Gasteiger partial charge on any atom is 0.252 e. The molecule has 234 valence electrons. The summed E-state index contributed by atoms with van der Waals surface area (Å²) in [6, 6.07) is 50.5. The van der Waals surface area contributed by atoms with Gasteiger partial charge in [-0.25, -0.2) is 0 Å². The van der Waals surface area contributed by atoms with Gasteiger partial charge in [0, 0.05) is 34.1 Å². The Kier molecular flexibility index (Phi) is 7.09. The molecule has 9 rings (SSSR count). The summed E-state index contributed by atoms with van der Waals surface area (Å²) in [4.78, 5) is 5.07. The molecule has 2 aliphatic rings. The lowest BCUT2D eigenvalue weighted by Gasteiger charge is -2.45. The summed E-state index contributed by atoms with van der Waals surface area (Å²) >= 11 is 0. The van der Waals surface area contributed by atoms with Crippen LogP contribution in [0.4, 0.5) is 34.1 Å². The third kappa shape index (κ3) is 4.77. The summed E-state index contributed by atoms with van der Waals surface area (Å²) in [6.07, 6.45) is 0. The molecule has 0 saturated heterocycles. The summed E-state index contributed by atoms with van der Waals surface area (Å²) in [5.41, 5.74) is 19.0. The van der Waals surface area contributed by atoms with E-state index in [0.717, 1.165) is 0 Å². The standard InChI is InChI=1S/C44H36BN2PSi/c1-27-12-16-33(17-13-27)46-40-20-15-29(3)23-37(40)45-38-26-34(49-48)18-21-41(38)47(39-19-14-28(2)22-30(39)4)43-25-32(24-42(46)44(43)45)36-11-7-9-31-8-5-6-10-35(31)36/h5-26,48-49H,1-4H3. The highest BCUT2D eigenvalue weighted by atomic mass is 31.1. The zero-order valence-corrected chi connectivity index (χ0v) is 30.4. The van der Waals surface area contributed by atoms with Crippen molar-refractivity contribution in [1.82, 2.24) is 0 Å². The Hall–Kier alpha value is -5.02. The van der Waals surface area contributed by atoms with E-state index < -0.39 is 0 Å². The molecule has 7 aromatic rings. The predicted molar refractivity (Wildman–Crippen MR) is 217 cm³/mol. The second kappa shape index (κ2) is 11.6. The van der Waals surface area contributed by atoms with E-state index in [1.807, 2.05) is 0 Å². The molecule has 7 aromatic carbocycles. The molecule has 0 amide bonds. The van der Waals surface area contributed by atoms with Crippen molar-refractivity contribution < 1.29 is 0 Å². The maximum absolute atomic E-state index is 3.93. The topological polar surface area (TPSA) is 6.48 Å². The highest BCUT2D eigenvalue weighted by Gasteiger charge is 2.44. The van der Waals surface area contributed by atoms with Crippen molar-refractivity contribution in [2.75, 3.05) is 9.80 Å². The molecule has 0 N–H and O–H groups in total. The first kappa shape index (κ1) is 30.1. The van der Waals surface area contributed by atoms with Crippen molar-refractivity contribution in [3.63, 3.8) is 0 Å². The van der Waals surface area contributed by atoms with E-state index in [1.54, 1.807) is 0 Å². The van der Waals surface area contributed by atoms with Gasteiger partial charge in [-0.1, -0.05) is 108 Å². The molecule has 0 aliphatic carbocycles. The minimum atomic E-state index is -0.0104. The Bertz CT molecular complexity index is 2480. The van der Waals surface area contributed by atoms with Gasteiger partial charge in [-0.05, 0) is 119 Å². The first-order valence-electron chi connectivity index (χ1n) is 17.0. The van der Waals surface area contributed by atoms with Crippen LogP contribution in [0.5, 0.6) is 0 Å². The molecule has 2 nitrogen and oxygen atoms in total. The third-order valence-electron chi connectivity index (χ3n) is 10.4. The Labute approximate surface area is 293 Å². The number of hydrogen-bond acceptors (Lipinski definition) is 2. The van der Waals surface area contributed by atoms with Gasteiger partial charge in [-0.2, -0.15) is 8.38 Å². The van der Waals surface area contributed by atoms with Crippen LogP contribution in [0.3, 0.4) is 0 Å². The van der Waals surface area contributed by atoms with Crippen LogP contribution in [-0.4, -0.2) is 15.5 Å². The Balaban J connectivity index is 1.45. The van der Waals surface area contributed by atoms with Crippen LogP contribution in [0.1, 0.15) is 22.3 Å². The first-order valence-corrected chi connectivity index (χ1v) is 19.9. The molecule has 5 heteroatoms. The van der Waals surface area contributed by atoms with E-state index in [2.05, 4.69) is 179 Å². The molecule has 0 bridgehead atoms. The van der Waals surface area contributed by atoms with E-state index in [0.29, 0.717) is 0 Å². The largest absolute Gasteiger partial charge is 0.311 e. The van der Waals surface area contributed by atoms with Gasteiger partial charge in [0.1, 0.15) is 0 Å². The van der Waals surface area contributed by atoms with Crippen molar-refractivity contribution in [3.05, 3.63) is 156 Å². The summed E-state index contributed by atoms with van der Waals surface area (Å²) in [6.45, 7) is 8.92. The molecule has 0 saturated carbocycles. The van der Waals surface area contributed by atoms with Gasteiger partial charge >= 0.3 is 0 Å². The minimum absolute atomic E-state index is 0.0104. The Morgan fingerprint density at radius 1 is 0.531 bits per heavy atom. The average Bonchev–Trinajstić information content (AvgIpc) is 3.12. The fourth-order valence-electron chi connectivity index (χ4n) is 8.15. The van der Waals surface area contributed by atoms with Crippen LogP contribution in [-0.2, 0) is 0 Å². The van der Waals surface area contributed by atoms with Crippen molar-refractivity contribution in [2.24, 2.45) is 0 Å². The molecule has 0 unspecified atom stereocenters. The van der Waals surface area contributed by atoms with Crippen molar-refractivity contribution >= 4 is 90.3 Å². The normalized spacial score (nSPS) is 12.9. The number of anilines is 6. The summed E-state index contributed by atoms with van der Waals surface area (Å²) < 4.78 is 0. The number of rotatable bonds is 4. The van der Waals surface area contributed by atoms with Gasteiger partial charge in [0.15, 0.2) is 0 Å². The highest BCUT2D eigenvalue weighted by molar-refractivity contribution is 7.33. The molecule has 0 atom stereocenters. The van der Waals surface area contributed by atoms with Gasteiger partial charge in [-0.3, -0.25) is 0 Å². The van der Waals surface area contributed by atoms with E-state index in [-0.39, 0.29) is 15.5 Å². The number of nitrogens with zero attached hydrogens (tertiary/aromatic N) is 2. The van der Waals surface area contributed by atoms with Crippen LogP contribution in [0.25, 0.3) is 21.9 Å². The second-order valence-electron chi connectivity index (χ2n) is 13.7. The monoisotopic (exact) mass is 662 g/mol. The fourth-order valence-corrected chi connectivity index (χ4v) is 9.15. The number of benzene rings is 7. The van der Waals surface area contributed by atoms with E-state index in [4.69, 9.17) is 0 Å². The lowest BCUT2D eigenvalue weighted by molar-refractivity contribution is 1.23. The van der Waals surface area contributed by atoms with Crippen molar-refractivity contribution in [1.29, 1.82) is 0 Å². The third-order valence-corrected chi connectivity index (χ3v) is 12.1. The van der Waals surface area contributed by atoms with Crippen LogP contribution >= 0.6 is 8.38 Å². The Morgan fingerprint density at radius 2 is 1.16 bits per heavy atom. The van der Waals surface area contributed by atoms with Gasteiger partial charge in [0.2, 0.25) is 0 Å². The molecule has 2 aliphatic heterocycles. The van der Waals surface area contributed by atoms with Crippen LogP contribution in [0, 0.1) is 27.7 Å². The quantitative estimate of drug-likeness (QED) is 0.137. The molecule has 49 heavy (non-hydrogen) atoms. The minimum Gasteiger partial charge on any atom is -0.311 e. The van der Waals surface area contributed by atoms with E-state index >= 15 is 0 Å². The zero-order chi connectivity index (χ0) is 33.4. The smallest absolute Gasteiger partial charge is 0.252 e. The predicted octanol–water partition coefficient (Wildman–Crippen LogP) is 8.94. The van der Waals surface area contributed by atoms with Crippen molar-refractivity contribution in [2.45, 2.75) is 27.7 Å². The summed E-state index contributed by atoms with van der Waals surface area (Å²) in [5.74, 6) is 0. The van der Waals surface area contributed by atoms with E-state index in [9.17, 15) is 0 Å². The molecule has 2 heterocycles. The van der Waals surface area contributed by atoms with Gasteiger partial charge in [-0.15, -0.1) is 0 Å². The number of fused-ring (bicyclic) bond motifs is 5. The molecule has 0 radical (unpaired) electrons. The highest BCUT2D eigenvalue weighted by Crippen LogP contribution is 2.47. The van der Waals surface area contributed by atoms with Gasteiger partial charge < -0.3 is 9.80 Å². The van der Waals surface area contributed by atoms with Gasteiger partial charge in [0.05, 0.1) is 8.77 Å². The molecule has 0 aromatic heterocycles. The molecular weight excluding hydrogens is 626 g/mol. The van der Waals surface area contributed by atoms with Crippen LogP contribution in [0.15, 0.2) is 133 Å². The Morgan fingerprint density at radius 3 is 1.94 bits per heavy atom. The van der Waals surface area contributed by atoms with Crippen LogP contribution in [0.2, 0.25) is 0 Å². The van der Waals surface area contributed by atoms with Crippen molar-refractivity contribution in [3.8, 4) is 11.1 Å². The van der Waals surface area contributed by atoms with Gasteiger partial charge in [0.25, 0.3) is 6.71 Å². The number of aryl methyl sites for hydroxylation is 4.